The molecule has 0 atom stereocenters. The number of hydrogen-bond donors (Lipinski definition) is 0. The highest BCUT2D eigenvalue weighted by atomic mass is 32.1. The minimum Gasteiger partial charge on any atom is -0.211 e. The molecule has 2 heterocycles. The van der Waals surface area contributed by atoms with Crippen LogP contribution in [-0.4, -0.2) is 0 Å². The van der Waals surface area contributed by atoms with Crippen molar-refractivity contribution in [2.45, 2.75) is 0 Å². The summed E-state index contributed by atoms with van der Waals surface area (Å²) >= 11 is 2.89. The van der Waals surface area contributed by atoms with Gasteiger partial charge >= 0.3 is 8.25 Å². The second kappa shape index (κ2) is 7.83. The Kier molecular flexibility index (Phi) is 5.12. The third-order valence-electron chi connectivity index (χ3n) is 3.61. The maximum Gasteiger partial charge on any atom is 0.807 e. The van der Waals surface area contributed by atoms with Gasteiger partial charge < -0.3 is 0 Å². The average molecular weight is 397 g/mol. The molecular formula is C20H14O3PS2+. The molecule has 2 aromatic heterocycles. The van der Waals surface area contributed by atoms with Gasteiger partial charge in [0, 0.05) is 14.3 Å². The van der Waals surface area contributed by atoms with Crippen molar-refractivity contribution < 1.29 is 13.6 Å². The van der Waals surface area contributed by atoms with Gasteiger partial charge in [-0.05, 0) is 35.4 Å². The van der Waals surface area contributed by atoms with Gasteiger partial charge in [0.2, 0.25) is 10.1 Å². The third-order valence-corrected chi connectivity index (χ3v) is 6.57. The molecule has 4 rings (SSSR count). The van der Waals surface area contributed by atoms with Crippen molar-refractivity contribution in [2.75, 3.05) is 0 Å². The highest BCUT2D eigenvalue weighted by Gasteiger charge is 2.26. The van der Waals surface area contributed by atoms with Crippen LogP contribution in [0.25, 0.3) is 20.9 Å². The molecule has 0 radical (unpaired) electrons. The van der Waals surface area contributed by atoms with Crippen LogP contribution in [0.2, 0.25) is 0 Å². The molecule has 0 aliphatic carbocycles. The van der Waals surface area contributed by atoms with E-state index in [1.165, 1.54) is 22.7 Å². The minimum atomic E-state index is -2.27. The van der Waals surface area contributed by atoms with Crippen molar-refractivity contribution in [1.29, 1.82) is 0 Å². The summed E-state index contributed by atoms with van der Waals surface area (Å²) in [5, 5.41) is 1.15. The van der Waals surface area contributed by atoms with Gasteiger partial charge in [0.15, 0.2) is 0 Å². The lowest BCUT2D eigenvalue weighted by Gasteiger charge is -1.94. The van der Waals surface area contributed by atoms with Gasteiger partial charge in [-0.15, -0.1) is 0 Å². The Morgan fingerprint density at radius 2 is 1.00 bits per heavy atom. The fourth-order valence-electron chi connectivity index (χ4n) is 2.42. The van der Waals surface area contributed by atoms with Crippen LogP contribution in [0.15, 0.2) is 84.9 Å². The molecule has 0 aliphatic heterocycles. The quantitative estimate of drug-likeness (QED) is 0.321. The largest absolute Gasteiger partial charge is 0.807 e. The molecule has 6 heteroatoms. The summed E-state index contributed by atoms with van der Waals surface area (Å²) in [6, 6.07) is 27.6. The summed E-state index contributed by atoms with van der Waals surface area (Å²) < 4.78 is 23.1. The van der Waals surface area contributed by atoms with Crippen LogP contribution in [0, 0.1) is 0 Å². The Labute approximate surface area is 160 Å². The molecular weight excluding hydrogens is 383 g/mol. The van der Waals surface area contributed by atoms with Gasteiger partial charge in [-0.2, -0.15) is 0 Å². The molecule has 0 amide bonds. The van der Waals surface area contributed by atoms with Gasteiger partial charge in [-0.1, -0.05) is 83.3 Å². The second-order valence-corrected chi connectivity index (χ2v) is 8.28. The number of rotatable bonds is 6. The molecule has 0 saturated heterocycles. The monoisotopic (exact) mass is 397 g/mol. The van der Waals surface area contributed by atoms with E-state index in [0.29, 0.717) is 10.1 Å². The van der Waals surface area contributed by atoms with Gasteiger partial charge in [-0.3, -0.25) is 0 Å². The van der Waals surface area contributed by atoms with E-state index in [4.69, 9.17) is 9.05 Å². The van der Waals surface area contributed by atoms with Crippen molar-refractivity contribution in [2.24, 2.45) is 0 Å². The summed E-state index contributed by atoms with van der Waals surface area (Å²) in [5.41, 5.74) is 2.21. The van der Waals surface area contributed by atoms with Crippen LogP contribution in [0.3, 0.4) is 0 Å². The zero-order chi connectivity index (χ0) is 17.8. The summed E-state index contributed by atoms with van der Waals surface area (Å²) in [6.45, 7) is 0. The first kappa shape index (κ1) is 17.0. The van der Waals surface area contributed by atoms with Crippen LogP contribution in [0.5, 0.6) is 10.1 Å². The summed E-state index contributed by atoms with van der Waals surface area (Å²) in [7, 11) is -2.27. The van der Waals surface area contributed by atoms with E-state index in [1.807, 2.05) is 84.9 Å². The van der Waals surface area contributed by atoms with Gasteiger partial charge in [0.05, 0.1) is 0 Å². The Bertz CT molecular complexity index is 928. The second-order valence-electron chi connectivity index (χ2n) is 5.38. The van der Waals surface area contributed by atoms with E-state index in [1.54, 1.807) is 0 Å². The average Bonchev–Trinajstić information content (AvgIpc) is 3.33. The number of benzene rings is 2. The molecule has 0 spiro atoms. The first-order valence-electron chi connectivity index (χ1n) is 7.92. The molecule has 0 saturated carbocycles. The fourth-order valence-corrected chi connectivity index (χ4v) is 5.02. The SMILES string of the molecule is O=[P+](Oc1ccc(-c2ccccc2)s1)Oc1ccc(-c2ccccc2)s1. The number of hydrogen-bond acceptors (Lipinski definition) is 5. The minimum absolute atomic E-state index is 0.574. The molecule has 2 aromatic carbocycles. The van der Waals surface area contributed by atoms with Crippen LogP contribution >= 0.6 is 30.9 Å². The summed E-state index contributed by atoms with van der Waals surface area (Å²) in [4.78, 5) is 2.12. The van der Waals surface area contributed by atoms with Crippen LogP contribution in [0.1, 0.15) is 0 Å². The highest BCUT2D eigenvalue weighted by molar-refractivity contribution is 7.35. The zero-order valence-corrected chi connectivity index (χ0v) is 16.1. The Balaban J connectivity index is 1.40. The topological polar surface area (TPSA) is 35.5 Å². The van der Waals surface area contributed by atoms with E-state index in [0.717, 1.165) is 20.9 Å². The maximum atomic E-state index is 12.2. The van der Waals surface area contributed by atoms with E-state index in [-0.39, 0.29) is 0 Å². The van der Waals surface area contributed by atoms with Crippen LogP contribution in [-0.2, 0) is 4.57 Å². The predicted octanol–water partition coefficient (Wildman–Crippen LogP) is 7.26. The van der Waals surface area contributed by atoms with E-state index in [2.05, 4.69) is 0 Å². The first-order valence-corrected chi connectivity index (χ1v) is 10.6. The van der Waals surface area contributed by atoms with E-state index in [9.17, 15) is 4.57 Å². The Morgan fingerprint density at radius 3 is 1.42 bits per heavy atom. The van der Waals surface area contributed by atoms with Crippen molar-refractivity contribution in [3.05, 3.63) is 84.9 Å². The third kappa shape index (κ3) is 4.02. The molecule has 0 fully saturated rings. The van der Waals surface area contributed by atoms with Crippen LogP contribution < -0.4 is 9.05 Å². The molecule has 0 unspecified atom stereocenters. The lowest BCUT2D eigenvalue weighted by molar-refractivity contribution is 0.424. The van der Waals surface area contributed by atoms with Crippen LogP contribution in [0.4, 0.5) is 0 Å². The summed E-state index contributed by atoms with van der Waals surface area (Å²) in [6.07, 6.45) is 0. The zero-order valence-electron chi connectivity index (χ0n) is 13.6. The Morgan fingerprint density at radius 1 is 0.577 bits per heavy atom. The molecule has 26 heavy (non-hydrogen) atoms. The predicted molar refractivity (Wildman–Crippen MR) is 108 cm³/mol. The lowest BCUT2D eigenvalue weighted by atomic mass is 10.2. The molecule has 128 valence electrons. The standard InChI is InChI=1S/C20H14O3PS2/c21-24(22-19-13-11-17(25-19)15-7-3-1-4-8-15)23-20-14-12-18(26-20)16-9-5-2-6-10-16/h1-14H/q+1. The fraction of sp³-hybridized carbons (Fsp3) is 0. The van der Waals surface area contributed by atoms with Gasteiger partial charge in [0.25, 0.3) is 0 Å². The van der Waals surface area contributed by atoms with Crippen molar-refractivity contribution in [1.82, 2.24) is 0 Å². The Hall–Kier alpha value is -2.46. The smallest absolute Gasteiger partial charge is 0.211 e. The molecule has 0 aliphatic rings. The maximum absolute atomic E-state index is 12.2. The highest BCUT2D eigenvalue weighted by Crippen LogP contribution is 2.41. The van der Waals surface area contributed by atoms with Crippen molar-refractivity contribution in [3.8, 4) is 31.0 Å². The lowest BCUT2D eigenvalue weighted by Crippen LogP contribution is -1.84. The van der Waals surface area contributed by atoms with Crippen molar-refractivity contribution >= 4 is 30.9 Å². The van der Waals surface area contributed by atoms with E-state index >= 15 is 0 Å². The normalized spacial score (nSPS) is 10.5. The molecule has 0 N–H and O–H groups in total. The van der Waals surface area contributed by atoms with Gasteiger partial charge in [0.1, 0.15) is 0 Å². The van der Waals surface area contributed by atoms with Crippen molar-refractivity contribution in [3.63, 3.8) is 0 Å². The van der Waals surface area contributed by atoms with E-state index < -0.39 is 8.25 Å². The van der Waals surface area contributed by atoms with Gasteiger partial charge in [-0.25, -0.2) is 9.05 Å². The summed E-state index contributed by atoms with van der Waals surface area (Å²) in [5.74, 6) is 0. The molecule has 3 nitrogen and oxygen atoms in total. The first-order chi connectivity index (χ1) is 12.8. The molecule has 0 bridgehead atoms. The molecule has 4 aromatic rings. The number of thiophene rings is 2.